The van der Waals surface area contributed by atoms with Gasteiger partial charge in [0.05, 0.1) is 0 Å². The van der Waals surface area contributed by atoms with E-state index in [0.29, 0.717) is 24.4 Å². The van der Waals surface area contributed by atoms with E-state index in [1.165, 1.54) is 0 Å². The fraction of sp³-hybridized carbons (Fsp3) is 0.562. The van der Waals surface area contributed by atoms with Gasteiger partial charge in [0.2, 0.25) is 0 Å². The van der Waals surface area contributed by atoms with Crippen molar-refractivity contribution in [2.45, 2.75) is 44.8 Å². The first kappa shape index (κ1) is 16.1. The maximum atomic E-state index is 11.7. The largest absolute Gasteiger partial charge is 0.489 e. The van der Waals surface area contributed by atoms with Crippen molar-refractivity contribution >= 4 is 17.6 Å². The van der Waals surface area contributed by atoms with Crippen LogP contribution in [-0.4, -0.2) is 40.7 Å². The van der Waals surface area contributed by atoms with E-state index < -0.39 is 11.5 Å². The number of carboxylic acid groups (broad SMARTS) is 1. The zero-order chi connectivity index (χ0) is 15.5. The minimum Gasteiger partial charge on any atom is -0.489 e. The molecular weight excluding hydrogens is 290 g/mol. The second-order valence-electron chi connectivity index (χ2n) is 5.48. The zero-order valence-corrected chi connectivity index (χ0v) is 13.3. The summed E-state index contributed by atoms with van der Waals surface area (Å²) >= 11 is 5.95. The van der Waals surface area contributed by atoms with Gasteiger partial charge < -0.3 is 9.84 Å². The maximum absolute atomic E-state index is 11.7. The summed E-state index contributed by atoms with van der Waals surface area (Å²) in [7, 11) is 0. The number of hydrogen-bond donors (Lipinski definition) is 1. The fourth-order valence-corrected chi connectivity index (χ4v) is 3.26. The first-order chi connectivity index (χ1) is 10.0. The number of ether oxygens (including phenoxy) is 1. The molecule has 0 aromatic heterocycles. The van der Waals surface area contributed by atoms with Crippen LogP contribution in [0.5, 0.6) is 5.75 Å². The monoisotopic (exact) mass is 311 g/mol. The molecule has 1 fully saturated rings. The molecule has 1 atom stereocenters. The highest BCUT2D eigenvalue weighted by Gasteiger charge is 2.44. The fourth-order valence-electron chi connectivity index (χ4n) is 3.08. The number of aliphatic carboxylic acids is 1. The number of nitrogens with zero attached hydrogens (tertiary/aromatic N) is 1. The number of halogens is 1. The van der Waals surface area contributed by atoms with Crippen molar-refractivity contribution in [3.63, 3.8) is 0 Å². The smallest absolute Gasteiger partial charge is 0.324 e. The summed E-state index contributed by atoms with van der Waals surface area (Å²) in [6, 6.07) is 7.32. The van der Waals surface area contributed by atoms with Crippen LogP contribution in [0.1, 0.15) is 33.1 Å². The number of hydrogen-bond acceptors (Lipinski definition) is 3. The van der Waals surface area contributed by atoms with Crippen LogP contribution in [0.15, 0.2) is 24.3 Å². The predicted octanol–water partition coefficient (Wildman–Crippen LogP) is 3.44. The van der Waals surface area contributed by atoms with Crippen LogP contribution in [0, 0.1) is 0 Å². The summed E-state index contributed by atoms with van der Waals surface area (Å²) in [6.45, 7) is 5.26. The third-order valence-corrected chi connectivity index (χ3v) is 4.65. The van der Waals surface area contributed by atoms with E-state index >= 15 is 0 Å². The van der Waals surface area contributed by atoms with Crippen LogP contribution in [0.25, 0.3) is 0 Å². The van der Waals surface area contributed by atoms with E-state index in [1.54, 1.807) is 12.1 Å². The molecule has 0 amide bonds. The Morgan fingerprint density at radius 3 is 2.76 bits per heavy atom. The second kappa shape index (κ2) is 6.67. The number of carbonyl (C=O) groups is 1. The van der Waals surface area contributed by atoms with Crippen molar-refractivity contribution in [1.29, 1.82) is 0 Å². The molecule has 1 aliphatic heterocycles. The van der Waals surface area contributed by atoms with Gasteiger partial charge in [-0.25, -0.2) is 0 Å². The molecule has 1 aromatic carbocycles. The molecule has 0 bridgehead atoms. The van der Waals surface area contributed by atoms with Crippen LogP contribution in [0.3, 0.4) is 0 Å². The lowest BCUT2D eigenvalue weighted by atomic mass is 9.91. The quantitative estimate of drug-likeness (QED) is 0.874. The molecule has 0 aliphatic carbocycles. The molecule has 1 aliphatic rings. The highest BCUT2D eigenvalue weighted by Crippen LogP contribution is 2.30. The summed E-state index contributed by atoms with van der Waals surface area (Å²) in [4.78, 5) is 13.7. The van der Waals surface area contributed by atoms with Gasteiger partial charge in [0.15, 0.2) is 0 Å². The van der Waals surface area contributed by atoms with Gasteiger partial charge in [-0.1, -0.05) is 31.5 Å². The highest BCUT2D eigenvalue weighted by molar-refractivity contribution is 6.30. The van der Waals surface area contributed by atoms with E-state index in [0.717, 1.165) is 18.7 Å². The normalized spacial score (nSPS) is 19.7. The van der Waals surface area contributed by atoms with Crippen molar-refractivity contribution in [2.75, 3.05) is 13.1 Å². The summed E-state index contributed by atoms with van der Waals surface area (Å²) in [5.74, 6) is -0.000762. The minimum absolute atomic E-state index is 0.0142. The molecule has 1 saturated heterocycles. The Balaban J connectivity index is 2.04. The average Bonchev–Trinajstić information content (AvgIpc) is 2.89. The van der Waals surface area contributed by atoms with E-state index in [2.05, 4.69) is 0 Å². The van der Waals surface area contributed by atoms with Gasteiger partial charge >= 0.3 is 5.97 Å². The first-order valence-corrected chi connectivity index (χ1v) is 7.80. The molecule has 1 heterocycles. The molecule has 0 unspecified atom stereocenters. The first-order valence-electron chi connectivity index (χ1n) is 7.42. The van der Waals surface area contributed by atoms with Crippen LogP contribution in [-0.2, 0) is 4.79 Å². The Morgan fingerprint density at radius 1 is 1.48 bits per heavy atom. The molecule has 1 aromatic rings. The Labute approximate surface area is 130 Å². The Hall–Kier alpha value is -1.26. The van der Waals surface area contributed by atoms with Gasteiger partial charge in [-0.3, -0.25) is 9.69 Å². The van der Waals surface area contributed by atoms with Crippen LogP contribution >= 0.6 is 11.6 Å². The lowest BCUT2D eigenvalue weighted by Gasteiger charge is -2.36. The van der Waals surface area contributed by atoms with Crippen molar-refractivity contribution < 1.29 is 14.6 Å². The molecule has 0 radical (unpaired) electrons. The maximum Gasteiger partial charge on any atom is 0.324 e. The molecule has 0 spiro atoms. The van der Waals surface area contributed by atoms with Gasteiger partial charge in [0.1, 0.15) is 17.4 Å². The van der Waals surface area contributed by atoms with Gasteiger partial charge in [0, 0.05) is 18.1 Å². The SMILES string of the molecule is CCC(CC)(C(=O)O)N1CC[C@@H](Oc2cccc(Cl)c2)C1. The molecule has 5 heteroatoms. The summed E-state index contributed by atoms with van der Waals surface area (Å²) in [5.41, 5.74) is -0.771. The van der Waals surface area contributed by atoms with Gasteiger partial charge in [-0.15, -0.1) is 0 Å². The third kappa shape index (κ3) is 3.33. The van der Waals surface area contributed by atoms with Gasteiger partial charge in [-0.05, 0) is 37.5 Å². The summed E-state index contributed by atoms with van der Waals surface area (Å²) in [5, 5.41) is 10.2. The molecule has 2 rings (SSSR count). The standard InChI is InChI=1S/C16H22ClNO3/c1-3-16(4-2,15(19)20)18-9-8-14(11-18)21-13-7-5-6-12(17)10-13/h5-7,10,14H,3-4,8-9,11H2,1-2H3,(H,19,20)/t14-/m1/s1. The van der Waals surface area contributed by atoms with Crippen molar-refractivity contribution in [3.05, 3.63) is 29.3 Å². The Bertz CT molecular complexity index is 502. The lowest BCUT2D eigenvalue weighted by Crippen LogP contribution is -2.53. The number of carboxylic acids is 1. The van der Waals surface area contributed by atoms with Crippen molar-refractivity contribution in [3.8, 4) is 5.75 Å². The Kier molecular flexibility index (Phi) is 5.12. The van der Waals surface area contributed by atoms with Gasteiger partial charge in [0.25, 0.3) is 0 Å². The molecule has 116 valence electrons. The van der Waals surface area contributed by atoms with Crippen LogP contribution in [0.2, 0.25) is 5.02 Å². The third-order valence-electron chi connectivity index (χ3n) is 4.42. The van der Waals surface area contributed by atoms with Crippen LogP contribution < -0.4 is 4.74 Å². The van der Waals surface area contributed by atoms with Gasteiger partial charge in [-0.2, -0.15) is 0 Å². The van der Waals surface area contributed by atoms with E-state index in [1.807, 2.05) is 30.9 Å². The molecule has 21 heavy (non-hydrogen) atoms. The number of likely N-dealkylation sites (tertiary alicyclic amines) is 1. The highest BCUT2D eigenvalue weighted by atomic mass is 35.5. The summed E-state index contributed by atoms with van der Waals surface area (Å²) in [6.07, 6.45) is 2.05. The zero-order valence-electron chi connectivity index (χ0n) is 12.5. The topological polar surface area (TPSA) is 49.8 Å². The number of benzene rings is 1. The summed E-state index contributed by atoms with van der Waals surface area (Å²) < 4.78 is 5.93. The van der Waals surface area contributed by atoms with Crippen molar-refractivity contribution in [1.82, 2.24) is 4.90 Å². The number of rotatable bonds is 6. The lowest BCUT2D eigenvalue weighted by molar-refractivity contribution is -0.151. The minimum atomic E-state index is -0.771. The van der Waals surface area contributed by atoms with E-state index in [4.69, 9.17) is 16.3 Å². The molecular formula is C16H22ClNO3. The van der Waals surface area contributed by atoms with E-state index in [-0.39, 0.29) is 6.10 Å². The average molecular weight is 312 g/mol. The second-order valence-corrected chi connectivity index (χ2v) is 5.91. The predicted molar refractivity (Wildman–Crippen MR) is 83.0 cm³/mol. The molecule has 4 nitrogen and oxygen atoms in total. The Morgan fingerprint density at radius 2 is 2.19 bits per heavy atom. The van der Waals surface area contributed by atoms with Crippen LogP contribution in [0.4, 0.5) is 0 Å². The van der Waals surface area contributed by atoms with Crippen molar-refractivity contribution in [2.24, 2.45) is 0 Å². The molecule has 0 saturated carbocycles. The molecule has 1 N–H and O–H groups in total. The van der Waals surface area contributed by atoms with E-state index in [9.17, 15) is 9.90 Å².